The Kier molecular flexibility index (Phi) is 27.0. The highest BCUT2D eigenvalue weighted by Crippen LogP contribution is 2.40. The molecule has 21 nitrogen and oxygen atoms in total. The van der Waals surface area contributed by atoms with E-state index in [2.05, 4.69) is 118 Å². The number of anilines is 5. The molecule has 21 heteroatoms. The first-order valence-electron chi connectivity index (χ1n) is 35.2. The van der Waals surface area contributed by atoms with Gasteiger partial charge >= 0.3 is 0 Å². The number of H-pyrrole nitrogens is 3. The van der Waals surface area contributed by atoms with Gasteiger partial charge < -0.3 is 96.2 Å². The molecule has 0 saturated carbocycles. The first-order valence-corrected chi connectivity index (χ1v) is 35.2. The molecule has 2 aliphatic rings. The van der Waals surface area contributed by atoms with Crippen LogP contribution >= 0.6 is 0 Å². The number of aliphatic hydroxyl groups excluding tert-OH is 1. The third-order valence-corrected chi connectivity index (χ3v) is 19.7. The molecule has 0 bridgehead atoms. The van der Waals surface area contributed by atoms with E-state index >= 15 is 0 Å². The number of likely N-dealkylation sites (tertiary alicyclic amines) is 2. The van der Waals surface area contributed by atoms with Gasteiger partial charge in [-0.3, -0.25) is 9.80 Å². The van der Waals surface area contributed by atoms with Crippen LogP contribution in [0.2, 0.25) is 0 Å². The number of aliphatic hydroxyl groups is 1. The third-order valence-electron chi connectivity index (χ3n) is 19.7. The Morgan fingerprint density at radius 2 is 0.677 bits per heavy atom. The van der Waals surface area contributed by atoms with Crippen molar-refractivity contribution >= 4 is 83.0 Å². The minimum absolute atomic E-state index is 0.0933. The minimum atomic E-state index is 0.0933. The Morgan fingerprint density at radius 3 is 1.04 bits per heavy atom. The predicted molar refractivity (Wildman–Crippen MR) is 415 cm³/mol. The summed E-state index contributed by atoms with van der Waals surface area (Å²) in [7, 11) is 14.2. The smallest absolute Gasteiger partial charge is 0.143 e. The summed E-state index contributed by atoms with van der Waals surface area (Å²) in [4.78, 5) is 21.4. The van der Waals surface area contributed by atoms with Crippen molar-refractivity contribution in [2.24, 2.45) is 7.05 Å². The number of hydrogen-bond donors (Lipinski definition) is 9. The van der Waals surface area contributed by atoms with Crippen molar-refractivity contribution in [1.29, 1.82) is 0 Å². The number of nitrogens with one attached hydrogen (secondary N) is 3. The van der Waals surface area contributed by atoms with E-state index in [1.54, 1.807) is 0 Å². The van der Waals surface area contributed by atoms with Crippen LogP contribution in [0.4, 0.5) is 28.4 Å². The molecule has 2 fully saturated rings. The molecule has 2 aliphatic heterocycles. The molecule has 0 atom stereocenters. The lowest BCUT2D eigenvalue weighted by Gasteiger charge is -2.26. The van der Waals surface area contributed by atoms with Crippen molar-refractivity contribution in [2.45, 2.75) is 108 Å². The second-order valence-electron chi connectivity index (χ2n) is 27.5. The van der Waals surface area contributed by atoms with Gasteiger partial charge in [0.2, 0.25) is 0 Å². The van der Waals surface area contributed by atoms with E-state index in [0.717, 1.165) is 186 Å². The summed E-state index contributed by atoms with van der Waals surface area (Å²) in [6, 6.07) is 19.4. The maximum atomic E-state index is 9.32. The molecule has 0 aliphatic carbocycles. The van der Waals surface area contributed by atoms with Gasteiger partial charge in [0.1, 0.15) is 61.8 Å². The van der Waals surface area contributed by atoms with Crippen LogP contribution in [-0.2, 0) is 13.6 Å². The van der Waals surface area contributed by atoms with Crippen LogP contribution in [0.1, 0.15) is 88.4 Å². The van der Waals surface area contributed by atoms with Gasteiger partial charge in [-0.1, -0.05) is 6.42 Å². The predicted octanol–water partition coefficient (Wildman–Crippen LogP) is 12.5. The fourth-order valence-corrected chi connectivity index (χ4v) is 13.3. The number of aromatic amines is 3. The molecule has 5 aromatic heterocycles. The molecule has 540 valence electrons. The van der Waals surface area contributed by atoms with E-state index in [4.69, 9.17) is 52.4 Å². The van der Waals surface area contributed by atoms with Crippen LogP contribution in [0, 0.1) is 69.2 Å². The number of fused-ring (bicyclic) bond motifs is 5. The number of nitrogen functional groups attached to an aromatic ring is 5. The average Bonchev–Trinajstić information content (AvgIpc) is 1.64. The number of benzene rings is 5. The van der Waals surface area contributed by atoms with E-state index in [1.807, 2.05) is 110 Å². The summed E-state index contributed by atoms with van der Waals surface area (Å²) in [6.45, 7) is 34.4. The number of piperidine rings is 1. The zero-order valence-electron chi connectivity index (χ0n) is 62.6. The summed E-state index contributed by atoms with van der Waals surface area (Å²) < 4.78 is 33.9. The standard InChI is InChI=1S/C17H25N3O.C16H25N3O2.C16H23N3O.C15H23N3O.C14H21N3O/c1-12-13(2)19-17-15(7-6-14(18)16(12)17)21-11-10-20-8-4-3-5-9-20;1-11-12(2)19(7-9-20)16-14(21-10-8-18(3)4)6-5-13(17)15(11)16;1-11-12(2)18-16-14(6-5-13(17)15(11)16)20-10-9-19-7-3-4-8-19;1-10-11(2)18(5)15-13(19-9-8-17(3)4)7-6-12(16)14(10)15;1-9-10(2)16-14-12(18-8-7-17(3)4)6-5-11(15)13(9)14/h6-7,19H,3-5,8-11,18H2,1-2H3;5-6,20H,7-10,17H2,1-4H3;5-6,18H,3-4,7-10,17H2,1-2H3;6-7H,8-9,16H2,1-5H3;5-6,16H,7-8,15H2,1-4H3. The van der Waals surface area contributed by atoms with Gasteiger partial charge in [0.25, 0.3) is 0 Å². The van der Waals surface area contributed by atoms with Crippen LogP contribution in [0.15, 0.2) is 60.7 Å². The van der Waals surface area contributed by atoms with Crippen molar-refractivity contribution < 1.29 is 28.8 Å². The van der Waals surface area contributed by atoms with Gasteiger partial charge in [-0.15, -0.1) is 0 Å². The van der Waals surface area contributed by atoms with E-state index in [0.29, 0.717) is 26.4 Å². The van der Waals surface area contributed by atoms with Crippen molar-refractivity contribution in [3.05, 3.63) is 117 Å². The summed E-state index contributed by atoms with van der Waals surface area (Å²) >= 11 is 0. The number of hydrogen-bond acceptors (Lipinski definition) is 16. The Balaban J connectivity index is 0.000000158. The molecular formula is C78H117N15O6. The molecule has 5 aromatic carbocycles. The number of likely N-dealkylation sites (N-methyl/N-ethyl adjacent to an activating group) is 3. The van der Waals surface area contributed by atoms with Gasteiger partial charge in [0.15, 0.2) is 0 Å². The van der Waals surface area contributed by atoms with Crippen molar-refractivity contribution in [3.8, 4) is 28.7 Å². The van der Waals surface area contributed by atoms with Crippen LogP contribution in [0.5, 0.6) is 28.7 Å². The number of nitrogens with zero attached hydrogens (tertiary/aromatic N) is 7. The molecule has 0 spiro atoms. The molecule has 14 N–H and O–H groups in total. The van der Waals surface area contributed by atoms with Crippen molar-refractivity contribution in [2.75, 3.05) is 169 Å². The fourth-order valence-electron chi connectivity index (χ4n) is 13.3. The van der Waals surface area contributed by atoms with Gasteiger partial charge in [-0.25, -0.2) is 0 Å². The Labute approximate surface area is 587 Å². The van der Waals surface area contributed by atoms with E-state index in [9.17, 15) is 5.11 Å². The molecule has 0 radical (unpaired) electrons. The second-order valence-corrected chi connectivity index (χ2v) is 27.5. The third kappa shape index (κ3) is 18.5. The van der Waals surface area contributed by atoms with E-state index in [-0.39, 0.29) is 6.61 Å². The first-order chi connectivity index (χ1) is 47.2. The topological polar surface area (TPSA) is 270 Å². The van der Waals surface area contributed by atoms with Crippen LogP contribution in [0.25, 0.3) is 54.5 Å². The molecule has 0 unspecified atom stereocenters. The number of aryl methyl sites for hydroxylation is 9. The molecule has 99 heavy (non-hydrogen) atoms. The Morgan fingerprint density at radius 1 is 0.374 bits per heavy atom. The lowest BCUT2D eigenvalue weighted by atomic mass is 10.1. The highest BCUT2D eigenvalue weighted by Gasteiger charge is 2.21. The zero-order valence-corrected chi connectivity index (χ0v) is 62.6. The number of rotatable bonds is 22. The second kappa shape index (κ2) is 35.1. The van der Waals surface area contributed by atoms with E-state index in [1.165, 1.54) is 86.2 Å². The van der Waals surface area contributed by atoms with Crippen molar-refractivity contribution in [1.82, 2.24) is 48.6 Å². The molecule has 7 heterocycles. The van der Waals surface area contributed by atoms with Gasteiger partial charge in [0, 0.05) is 130 Å². The lowest BCUT2D eigenvalue weighted by Crippen LogP contribution is -2.33. The van der Waals surface area contributed by atoms with Crippen LogP contribution in [-0.4, -0.2) is 195 Å². The molecule has 0 amide bonds. The van der Waals surface area contributed by atoms with Gasteiger partial charge in [-0.05, 0) is 252 Å². The zero-order chi connectivity index (χ0) is 71.9. The minimum Gasteiger partial charge on any atom is -0.490 e. The molecular weight excluding hydrogens is 1240 g/mol. The highest BCUT2D eigenvalue weighted by atomic mass is 16.5. The lowest BCUT2D eigenvalue weighted by molar-refractivity contribution is 0.184. The summed E-state index contributed by atoms with van der Waals surface area (Å²) in [5, 5.41) is 14.7. The van der Waals surface area contributed by atoms with Gasteiger partial charge in [-0.2, -0.15) is 0 Å². The molecule has 12 rings (SSSR count). The van der Waals surface area contributed by atoms with Crippen LogP contribution < -0.4 is 52.4 Å². The summed E-state index contributed by atoms with van der Waals surface area (Å²) in [5.74, 6) is 4.42. The van der Waals surface area contributed by atoms with E-state index < -0.39 is 0 Å². The number of aromatic nitrogens is 5. The maximum absolute atomic E-state index is 9.32. The summed E-state index contributed by atoms with van der Waals surface area (Å²) in [5.41, 5.74) is 51.4. The number of nitrogens with two attached hydrogens (primary N) is 5. The van der Waals surface area contributed by atoms with Crippen LogP contribution in [0.3, 0.4) is 0 Å². The molecule has 10 aromatic rings. The number of ether oxygens (including phenoxy) is 5. The summed E-state index contributed by atoms with van der Waals surface area (Å²) in [6.07, 6.45) is 6.65. The van der Waals surface area contributed by atoms with Gasteiger partial charge in [0.05, 0.1) is 34.2 Å². The fraction of sp³-hybridized carbons (Fsp3) is 0.487. The largest absolute Gasteiger partial charge is 0.490 e. The monoisotopic (exact) mass is 1360 g/mol. The Bertz CT molecular complexity index is 4290. The normalized spacial score (nSPS) is 13.5. The van der Waals surface area contributed by atoms with Crippen molar-refractivity contribution in [3.63, 3.8) is 0 Å². The Hall–Kier alpha value is -8.44. The molecule has 2 saturated heterocycles. The average molecular weight is 1360 g/mol. The quantitative estimate of drug-likeness (QED) is 0.0285. The highest BCUT2D eigenvalue weighted by molar-refractivity contribution is 6.02. The first kappa shape index (κ1) is 76.3. The maximum Gasteiger partial charge on any atom is 0.143 e. The SMILES string of the molecule is Cc1[nH]c2c(OCCN(C)C)ccc(N)c2c1C.Cc1[nH]c2c(OCCN3CCCC3)ccc(N)c2c1C.Cc1[nH]c2c(OCCN3CCCCC3)ccc(N)c2c1C.Cc1c(C)n(C)c2c(OCCN(C)C)ccc(N)c12.Cc1c(C)n(CCO)c2c(OCCN(C)C)ccc(N)c12.